The SMILES string of the molecule is CCCCC(CC)NC(=O)OCCOC. The van der Waals surface area contributed by atoms with Crippen LogP contribution in [0.2, 0.25) is 0 Å². The quantitative estimate of drug-likeness (QED) is 0.635. The second-order valence-electron chi connectivity index (χ2n) is 3.52. The molecule has 0 aliphatic rings. The van der Waals surface area contributed by atoms with E-state index in [1.807, 2.05) is 0 Å². The summed E-state index contributed by atoms with van der Waals surface area (Å²) in [4.78, 5) is 11.3. The highest BCUT2D eigenvalue weighted by atomic mass is 16.6. The predicted molar refractivity (Wildman–Crippen MR) is 60.0 cm³/mol. The van der Waals surface area contributed by atoms with Crippen molar-refractivity contribution in [3.8, 4) is 0 Å². The Hall–Kier alpha value is -0.770. The molecule has 0 aromatic heterocycles. The Morgan fingerprint density at radius 3 is 2.60 bits per heavy atom. The Morgan fingerprint density at radius 1 is 1.33 bits per heavy atom. The van der Waals surface area contributed by atoms with Crippen LogP contribution in [-0.4, -0.2) is 32.5 Å². The van der Waals surface area contributed by atoms with Crippen LogP contribution in [-0.2, 0) is 9.47 Å². The fourth-order valence-corrected chi connectivity index (χ4v) is 1.25. The number of rotatable bonds is 8. The monoisotopic (exact) mass is 217 g/mol. The van der Waals surface area contributed by atoms with E-state index in [2.05, 4.69) is 19.2 Å². The number of alkyl carbamates (subject to hydrolysis) is 1. The van der Waals surface area contributed by atoms with E-state index in [0.29, 0.717) is 13.2 Å². The summed E-state index contributed by atoms with van der Waals surface area (Å²) in [5.41, 5.74) is 0. The first-order valence-electron chi connectivity index (χ1n) is 5.66. The number of ether oxygens (including phenoxy) is 2. The summed E-state index contributed by atoms with van der Waals surface area (Å²) in [6.07, 6.45) is 3.91. The molecule has 15 heavy (non-hydrogen) atoms. The summed E-state index contributed by atoms with van der Waals surface area (Å²) >= 11 is 0. The number of hydrogen-bond donors (Lipinski definition) is 1. The fraction of sp³-hybridized carbons (Fsp3) is 0.909. The van der Waals surface area contributed by atoms with Gasteiger partial charge in [-0.1, -0.05) is 26.7 Å². The smallest absolute Gasteiger partial charge is 0.407 e. The molecule has 0 spiro atoms. The molecule has 0 bridgehead atoms. The normalized spacial score (nSPS) is 12.2. The molecule has 1 unspecified atom stereocenters. The lowest BCUT2D eigenvalue weighted by Crippen LogP contribution is -2.35. The number of unbranched alkanes of at least 4 members (excludes halogenated alkanes) is 1. The zero-order valence-electron chi connectivity index (χ0n) is 10.0. The minimum Gasteiger partial charge on any atom is -0.447 e. The van der Waals surface area contributed by atoms with Crippen molar-refractivity contribution >= 4 is 6.09 Å². The number of carbonyl (C=O) groups is 1. The number of methoxy groups -OCH3 is 1. The van der Waals surface area contributed by atoms with Crippen LogP contribution < -0.4 is 5.32 Å². The van der Waals surface area contributed by atoms with Crippen LogP contribution in [0.25, 0.3) is 0 Å². The summed E-state index contributed by atoms with van der Waals surface area (Å²) < 4.78 is 9.70. The van der Waals surface area contributed by atoms with Crippen molar-refractivity contribution in [1.82, 2.24) is 5.32 Å². The maximum atomic E-state index is 11.3. The maximum Gasteiger partial charge on any atom is 0.407 e. The van der Waals surface area contributed by atoms with E-state index in [4.69, 9.17) is 9.47 Å². The first kappa shape index (κ1) is 14.2. The molecule has 0 radical (unpaired) electrons. The van der Waals surface area contributed by atoms with Crippen molar-refractivity contribution < 1.29 is 14.3 Å². The second-order valence-corrected chi connectivity index (χ2v) is 3.52. The van der Waals surface area contributed by atoms with E-state index in [9.17, 15) is 4.79 Å². The van der Waals surface area contributed by atoms with Crippen LogP contribution in [0.4, 0.5) is 4.79 Å². The molecule has 0 heterocycles. The first-order chi connectivity index (χ1) is 7.24. The molecule has 0 rings (SSSR count). The number of amides is 1. The van der Waals surface area contributed by atoms with Crippen LogP contribution >= 0.6 is 0 Å². The highest BCUT2D eigenvalue weighted by Gasteiger charge is 2.10. The average molecular weight is 217 g/mol. The summed E-state index contributed by atoms with van der Waals surface area (Å²) in [5, 5.41) is 2.84. The standard InChI is InChI=1S/C11H23NO3/c1-4-6-7-10(5-2)12-11(13)15-9-8-14-3/h10H,4-9H2,1-3H3,(H,12,13). The van der Waals surface area contributed by atoms with Gasteiger partial charge in [-0.05, 0) is 12.8 Å². The van der Waals surface area contributed by atoms with Crippen molar-refractivity contribution in [3.05, 3.63) is 0 Å². The minimum atomic E-state index is -0.338. The Balaban J connectivity index is 3.60. The van der Waals surface area contributed by atoms with Crippen molar-refractivity contribution in [1.29, 1.82) is 0 Å². The fourth-order valence-electron chi connectivity index (χ4n) is 1.25. The molecule has 1 amide bonds. The van der Waals surface area contributed by atoms with Crippen molar-refractivity contribution in [2.45, 2.75) is 45.6 Å². The van der Waals surface area contributed by atoms with E-state index in [0.717, 1.165) is 25.7 Å². The third-order valence-corrected chi connectivity index (χ3v) is 2.24. The van der Waals surface area contributed by atoms with E-state index >= 15 is 0 Å². The zero-order valence-corrected chi connectivity index (χ0v) is 10.0. The molecule has 0 aliphatic carbocycles. The number of hydrogen-bond acceptors (Lipinski definition) is 3. The largest absolute Gasteiger partial charge is 0.447 e. The second kappa shape index (κ2) is 9.77. The van der Waals surface area contributed by atoms with Gasteiger partial charge in [-0.15, -0.1) is 0 Å². The van der Waals surface area contributed by atoms with Crippen molar-refractivity contribution in [2.24, 2.45) is 0 Å². The molecule has 0 aliphatic heterocycles. The van der Waals surface area contributed by atoms with Gasteiger partial charge in [0.05, 0.1) is 6.61 Å². The molecule has 1 atom stereocenters. The molecule has 1 N–H and O–H groups in total. The van der Waals surface area contributed by atoms with E-state index in [1.165, 1.54) is 0 Å². The van der Waals surface area contributed by atoms with E-state index < -0.39 is 0 Å². The van der Waals surface area contributed by atoms with Gasteiger partial charge in [0.2, 0.25) is 0 Å². The Bertz CT molecular complexity index is 162. The van der Waals surface area contributed by atoms with Gasteiger partial charge in [0.25, 0.3) is 0 Å². The molecule has 0 aromatic rings. The predicted octanol–water partition coefficient (Wildman–Crippen LogP) is 2.33. The van der Waals surface area contributed by atoms with Gasteiger partial charge in [-0.25, -0.2) is 4.79 Å². The van der Waals surface area contributed by atoms with Crippen LogP contribution in [0.1, 0.15) is 39.5 Å². The van der Waals surface area contributed by atoms with Gasteiger partial charge in [0, 0.05) is 13.2 Å². The Labute approximate surface area is 92.3 Å². The molecule has 90 valence electrons. The zero-order chi connectivity index (χ0) is 11.5. The van der Waals surface area contributed by atoms with Crippen LogP contribution in [0, 0.1) is 0 Å². The topological polar surface area (TPSA) is 47.6 Å². The summed E-state index contributed by atoms with van der Waals surface area (Å²) in [5.74, 6) is 0. The minimum absolute atomic E-state index is 0.236. The lowest BCUT2D eigenvalue weighted by Gasteiger charge is -2.16. The van der Waals surface area contributed by atoms with Crippen molar-refractivity contribution in [3.63, 3.8) is 0 Å². The van der Waals surface area contributed by atoms with Gasteiger partial charge in [0.1, 0.15) is 6.61 Å². The molecule has 0 saturated heterocycles. The Morgan fingerprint density at radius 2 is 2.07 bits per heavy atom. The molecule has 4 nitrogen and oxygen atoms in total. The molecule has 4 heteroatoms. The van der Waals surface area contributed by atoms with Gasteiger partial charge in [-0.3, -0.25) is 0 Å². The van der Waals surface area contributed by atoms with E-state index in [1.54, 1.807) is 7.11 Å². The van der Waals surface area contributed by atoms with Crippen LogP contribution in [0.3, 0.4) is 0 Å². The lowest BCUT2D eigenvalue weighted by molar-refractivity contribution is 0.0959. The van der Waals surface area contributed by atoms with Gasteiger partial charge >= 0.3 is 6.09 Å². The van der Waals surface area contributed by atoms with Gasteiger partial charge in [-0.2, -0.15) is 0 Å². The lowest BCUT2D eigenvalue weighted by atomic mass is 10.1. The third-order valence-electron chi connectivity index (χ3n) is 2.24. The average Bonchev–Trinajstić information content (AvgIpc) is 2.24. The van der Waals surface area contributed by atoms with Crippen LogP contribution in [0.5, 0.6) is 0 Å². The third kappa shape index (κ3) is 8.24. The molecule has 0 saturated carbocycles. The molecule has 0 aromatic carbocycles. The number of nitrogens with one attached hydrogen (secondary N) is 1. The van der Waals surface area contributed by atoms with E-state index in [-0.39, 0.29) is 12.1 Å². The highest BCUT2D eigenvalue weighted by Crippen LogP contribution is 2.04. The summed E-state index contributed by atoms with van der Waals surface area (Å²) in [6.45, 7) is 4.96. The number of carbonyl (C=O) groups excluding carboxylic acids is 1. The molecular formula is C11H23NO3. The Kier molecular flexibility index (Phi) is 9.27. The summed E-state index contributed by atoms with van der Waals surface area (Å²) in [6, 6.07) is 0.236. The van der Waals surface area contributed by atoms with Crippen LogP contribution in [0.15, 0.2) is 0 Å². The highest BCUT2D eigenvalue weighted by molar-refractivity contribution is 5.67. The van der Waals surface area contributed by atoms with Gasteiger partial charge in [0.15, 0.2) is 0 Å². The molecule has 0 fully saturated rings. The summed E-state index contributed by atoms with van der Waals surface area (Å²) in [7, 11) is 1.58. The maximum absolute atomic E-state index is 11.3. The van der Waals surface area contributed by atoms with Gasteiger partial charge < -0.3 is 14.8 Å². The first-order valence-corrected chi connectivity index (χ1v) is 5.66. The van der Waals surface area contributed by atoms with Crippen molar-refractivity contribution in [2.75, 3.05) is 20.3 Å². The molecular weight excluding hydrogens is 194 g/mol.